The number of H-pyrrole nitrogens is 1. The number of likely N-dealkylation sites (N-methyl/N-ethyl adjacent to an activating group) is 1. The van der Waals surface area contributed by atoms with Gasteiger partial charge in [-0.1, -0.05) is 34.8 Å². The number of amides is 1. The standard InChI is InChI=1S/C16H17Cl3N6O2/c1-8(16(26)24(2)3)20-7-27-15-12(19)14-22-21-13(25(14)23-15)9-4-10(17)6-11(18)5-9/h4-6,8,20,23H,7H2,1-3H3. The summed E-state index contributed by atoms with van der Waals surface area (Å²) in [5, 5.41) is 15.4. The van der Waals surface area contributed by atoms with E-state index in [1.54, 1.807) is 43.7 Å². The number of rotatable bonds is 6. The van der Waals surface area contributed by atoms with Gasteiger partial charge in [-0.3, -0.25) is 15.2 Å². The largest absolute Gasteiger partial charge is 0.461 e. The molecule has 144 valence electrons. The number of benzene rings is 1. The number of carbonyl (C=O) groups excluding carboxylic acids is 1. The van der Waals surface area contributed by atoms with Crippen LogP contribution in [0.2, 0.25) is 15.1 Å². The molecule has 0 aliphatic heterocycles. The van der Waals surface area contributed by atoms with E-state index in [0.29, 0.717) is 33.0 Å². The van der Waals surface area contributed by atoms with E-state index < -0.39 is 6.04 Å². The Morgan fingerprint density at radius 2 is 1.93 bits per heavy atom. The van der Waals surface area contributed by atoms with Crippen LogP contribution >= 0.6 is 34.8 Å². The maximum Gasteiger partial charge on any atom is 0.239 e. The zero-order valence-corrected chi connectivity index (χ0v) is 17.0. The van der Waals surface area contributed by atoms with Crippen molar-refractivity contribution in [1.29, 1.82) is 0 Å². The van der Waals surface area contributed by atoms with Gasteiger partial charge in [0.05, 0.1) is 6.04 Å². The number of nitrogens with zero attached hydrogens (tertiary/aromatic N) is 4. The lowest BCUT2D eigenvalue weighted by atomic mass is 10.2. The van der Waals surface area contributed by atoms with Gasteiger partial charge in [-0.25, -0.2) is 4.52 Å². The minimum atomic E-state index is -0.399. The van der Waals surface area contributed by atoms with E-state index >= 15 is 0 Å². The highest BCUT2D eigenvalue weighted by Crippen LogP contribution is 2.31. The summed E-state index contributed by atoms with van der Waals surface area (Å²) in [4.78, 5) is 13.3. The number of aromatic amines is 1. The molecular weight excluding hydrogens is 415 g/mol. The summed E-state index contributed by atoms with van der Waals surface area (Å²) >= 11 is 18.4. The van der Waals surface area contributed by atoms with E-state index in [1.807, 2.05) is 0 Å². The van der Waals surface area contributed by atoms with Crippen molar-refractivity contribution in [1.82, 2.24) is 30.0 Å². The summed E-state index contributed by atoms with van der Waals surface area (Å²) in [7, 11) is 3.38. The van der Waals surface area contributed by atoms with E-state index in [9.17, 15) is 4.79 Å². The Kier molecular flexibility index (Phi) is 5.81. The molecule has 1 atom stereocenters. The van der Waals surface area contributed by atoms with Gasteiger partial charge in [0.1, 0.15) is 11.8 Å². The van der Waals surface area contributed by atoms with Crippen molar-refractivity contribution in [3.05, 3.63) is 33.3 Å². The highest BCUT2D eigenvalue weighted by atomic mass is 35.5. The first-order valence-corrected chi connectivity index (χ1v) is 9.07. The normalized spacial score (nSPS) is 12.4. The zero-order chi connectivity index (χ0) is 19.7. The molecule has 1 amide bonds. The van der Waals surface area contributed by atoms with Gasteiger partial charge >= 0.3 is 0 Å². The van der Waals surface area contributed by atoms with E-state index in [1.165, 1.54) is 4.90 Å². The lowest BCUT2D eigenvalue weighted by Crippen LogP contribution is -2.42. The van der Waals surface area contributed by atoms with Crippen LogP contribution in [-0.2, 0) is 4.79 Å². The molecule has 2 aromatic heterocycles. The minimum Gasteiger partial charge on any atom is -0.461 e. The average molecular weight is 432 g/mol. The molecule has 0 radical (unpaired) electrons. The molecule has 27 heavy (non-hydrogen) atoms. The minimum absolute atomic E-state index is 0.0599. The van der Waals surface area contributed by atoms with Crippen molar-refractivity contribution in [2.75, 3.05) is 20.8 Å². The fourth-order valence-electron chi connectivity index (χ4n) is 2.46. The van der Waals surface area contributed by atoms with E-state index in [0.717, 1.165) is 0 Å². The van der Waals surface area contributed by atoms with Gasteiger partial charge in [-0.2, -0.15) is 0 Å². The van der Waals surface area contributed by atoms with Crippen molar-refractivity contribution in [2.24, 2.45) is 0 Å². The molecule has 0 saturated carbocycles. The topological polar surface area (TPSA) is 87.5 Å². The molecule has 1 aromatic carbocycles. The van der Waals surface area contributed by atoms with Crippen LogP contribution in [0.25, 0.3) is 17.0 Å². The molecule has 8 nitrogen and oxygen atoms in total. The third-order valence-electron chi connectivity index (χ3n) is 3.81. The first-order chi connectivity index (χ1) is 12.8. The van der Waals surface area contributed by atoms with Crippen LogP contribution in [-0.4, -0.2) is 57.5 Å². The second kappa shape index (κ2) is 7.93. The third kappa shape index (κ3) is 4.14. The number of fused-ring (bicyclic) bond motifs is 1. The first kappa shape index (κ1) is 19.8. The van der Waals surface area contributed by atoms with Gasteiger partial charge in [0.25, 0.3) is 0 Å². The van der Waals surface area contributed by atoms with Gasteiger partial charge in [0, 0.05) is 29.7 Å². The Morgan fingerprint density at radius 3 is 2.56 bits per heavy atom. The van der Waals surface area contributed by atoms with Gasteiger partial charge in [0.2, 0.25) is 11.8 Å². The number of aromatic nitrogens is 4. The Bertz CT molecular complexity index is 964. The average Bonchev–Trinajstić information content (AvgIpc) is 3.14. The smallest absolute Gasteiger partial charge is 0.239 e. The summed E-state index contributed by atoms with van der Waals surface area (Å²) in [6.45, 7) is 1.83. The van der Waals surface area contributed by atoms with Gasteiger partial charge in [-0.05, 0) is 25.1 Å². The second-order valence-corrected chi connectivity index (χ2v) is 7.29. The summed E-state index contributed by atoms with van der Waals surface area (Å²) in [6, 6.07) is 4.66. The maximum atomic E-state index is 11.8. The molecule has 1 unspecified atom stereocenters. The Morgan fingerprint density at radius 1 is 1.26 bits per heavy atom. The van der Waals surface area contributed by atoms with Crippen LogP contribution < -0.4 is 10.1 Å². The Balaban J connectivity index is 1.80. The SMILES string of the molecule is CC(NCOc1[nH]n2c(-c3cc(Cl)cc(Cl)c3)nnc2c1Cl)C(=O)N(C)C. The monoisotopic (exact) mass is 430 g/mol. The van der Waals surface area contributed by atoms with Gasteiger partial charge in [-0.15, -0.1) is 10.2 Å². The third-order valence-corrected chi connectivity index (χ3v) is 4.59. The highest BCUT2D eigenvalue weighted by molar-refractivity contribution is 6.35. The van der Waals surface area contributed by atoms with E-state index in [-0.39, 0.29) is 17.7 Å². The number of nitrogens with one attached hydrogen (secondary N) is 2. The fraction of sp³-hybridized carbons (Fsp3) is 0.312. The molecule has 0 bridgehead atoms. The molecule has 11 heteroatoms. The van der Waals surface area contributed by atoms with E-state index in [2.05, 4.69) is 20.6 Å². The first-order valence-electron chi connectivity index (χ1n) is 7.94. The molecule has 3 rings (SSSR count). The summed E-state index contributed by atoms with van der Waals surface area (Å²) in [6.07, 6.45) is 0. The second-order valence-electron chi connectivity index (χ2n) is 6.04. The molecule has 2 N–H and O–H groups in total. The van der Waals surface area contributed by atoms with Crippen LogP contribution in [0.1, 0.15) is 6.92 Å². The lowest BCUT2D eigenvalue weighted by Gasteiger charge is -2.17. The van der Waals surface area contributed by atoms with Crippen molar-refractivity contribution >= 4 is 46.4 Å². The lowest BCUT2D eigenvalue weighted by molar-refractivity contribution is -0.130. The van der Waals surface area contributed by atoms with Crippen LogP contribution in [0, 0.1) is 0 Å². The fourth-order valence-corrected chi connectivity index (χ4v) is 3.21. The Labute approximate surface area is 170 Å². The van der Waals surface area contributed by atoms with Crippen molar-refractivity contribution in [2.45, 2.75) is 13.0 Å². The van der Waals surface area contributed by atoms with Crippen molar-refractivity contribution < 1.29 is 9.53 Å². The van der Waals surface area contributed by atoms with Crippen LogP contribution in [0.4, 0.5) is 0 Å². The molecule has 2 heterocycles. The number of hydrogen-bond acceptors (Lipinski definition) is 5. The maximum absolute atomic E-state index is 11.8. The molecule has 0 fully saturated rings. The summed E-state index contributed by atoms with van der Waals surface area (Å²) in [5.74, 6) is 0.721. The van der Waals surface area contributed by atoms with Crippen LogP contribution in [0.3, 0.4) is 0 Å². The molecule has 3 aromatic rings. The molecule has 0 spiro atoms. The van der Waals surface area contributed by atoms with E-state index in [4.69, 9.17) is 39.5 Å². The number of halogens is 3. The summed E-state index contributed by atoms with van der Waals surface area (Å²) < 4.78 is 7.19. The zero-order valence-electron chi connectivity index (χ0n) is 14.8. The molecule has 0 saturated heterocycles. The molecule has 0 aliphatic rings. The van der Waals surface area contributed by atoms with Gasteiger partial charge < -0.3 is 9.64 Å². The Hall–Kier alpha value is -2.00. The van der Waals surface area contributed by atoms with Gasteiger partial charge in [0.15, 0.2) is 11.5 Å². The summed E-state index contributed by atoms with van der Waals surface area (Å²) in [5.41, 5.74) is 1.07. The molecule has 0 aliphatic carbocycles. The van der Waals surface area contributed by atoms with Crippen LogP contribution in [0.15, 0.2) is 18.2 Å². The predicted molar refractivity (Wildman–Crippen MR) is 105 cm³/mol. The number of carbonyl (C=O) groups is 1. The highest BCUT2D eigenvalue weighted by Gasteiger charge is 2.19. The van der Waals surface area contributed by atoms with Crippen LogP contribution in [0.5, 0.6) is 5.88 Å². The van der Waals surface area contributed by atoms with Crippen molar-refractivity contribution in [3.8, 4) is 17.3 Å². The molecular formula is C16H17Cl3N6O2. The number of ether oxygens (including phenoxy) is 1. The number of hydrogen-bond donors (Lipinski definition) is 2. The predicted octanol–water partition coefficient (Wildman–Crippen LogP) is 3.09. The van der Waals surface area contributed by atoms with Crippen molar-refractivity contribution in [3.63, 3.8) is 0 Å². The quantitative estimate of drug-likeness (QED) is 0.586.